The van der Waals surface area contributed by atoms with E-state index in [0.29, 0.717) is 25.2 Å². The van der Waals surface area contributed by atoms with Crippen LogP contribution in [0.2, 0.25) is 0 Å². The molecule has 0 unspecified atom stereocenters. The molecule has 1 saturated heterocycles. The molecule has 4 rings (SSSR count). The van der Waals surface area contributed by atoms with Crippen molar-refractivity contribution in [2.45, 2.75) is 31.3 Å². The molecule has 2 aliphatic rings. The second kappa shape index (κ2) is 6.16. The highest BCUT2D eigenvalue weighted by molar-refractivity contribution is 5.93. The molecular weight excluding hydrogens is 290 g/mol. The van der Waals surface area contributed by atoms with Crippen molar-refractivity contribution in [3.63, 3.8) is 0 Å². The maximum atomic E-state index is 12.6. The molecule has 2 fully saturated rings. The van der Waals surface area contributed by atoms with E-state index < -0.39 is 0 Å². The highest BCUT2D eigenvalue weighted by Gasteiger charge is 2.32. The van der Waals surface area contributed by atoms with Crippen molar-refractivity contribution in [2.24, 2.45) is 5.92 Å². The zero-order chi connectivity index (χ0) is 15.6. The molecule has 2 atom stereocenters. The highest BCUT2D eigenvalue weighted by Crippen LogP contribution is 2.36. The molecule has 5 nitrogen and oxygen atoms in total. The fourth-order valence-electron chi connectivity index (χ4n) is 3.28. The summed E-state index contributed by atoms with van der Waals surface area (Å²) in [6.45, 7) is 1.28. The predicted molar refractivity (Wildman–Crippen MR) is 86.2 cm³/mol. The molecular formula is C18H21N3O2. The number of carbonyl (C=O) groups is 1. The molecule has 1 aliphatic carbocycles. The molecule has 23 heavy (non-hydrogen) atoms. The van der Waals surface area contributed by atoms with Crippen molar-refractivity contribution in [3.8, 4) is 0 Å². The fraction of sp³-hybridized carbons (Fsp3) is 0.444. The standard InChI is InChI=1S/C18H21N3O2/c22-18(17-2-1-9-21(17)15-3-4-15)20-16-12-23-11-14(16)10-13-5-7-19-8-6-13/h1-2,5-9,14-16H,3-4,10-12H2,(H,20,22)/t14-,16-/m1/s1. The van der Waals surface area contributed by atoms with Gasteiger partial charge >= 0.3 is 0 Å². The number of nitrogens with one attached hydrogen (secondary N) is 1. The molecule has 0 aromatic carbocycles. The van der Waals surface area contributed by atoms with Crippen molar-refractivity contribution in [3.05, 3.63) is 54.1 Å². The van der Waals surface area contributed by atoms with Gasteiger partial charge in [-0.3, -0.25) is 9.78 Å². The summed E-state index contributed by atoms with van der Waals surface area (Å²) in [5.74, 6) is 0.322. The summed E-state index contributed by atoms with van der Waals surface area (Å²) in [7, 11) is 0. The van der Waals surface area contributed by atoms with Crippen molar-refractivity contribution < 1.29 is 9.53 Å². The van der Waals surface area contributed by atoms with Gasteiger partial charge < -0.3 is 14.6 Å². The summed E-state index contributed by atoms with van der Waals surface area (Å²) >= 11 is 0. The monoisotopic (exact) mass is 311 g/mol. The summed E-state index contributed by atoms with van der Waals surface area (Å²) in [5.41, 5.74) is 2.00. The van der Waals surface area contributed by atoms with E-state index in [4.69, 9.17) is 4.74 Å². The Kier molecular flexibility index (Phi) is 3.87. The SMILES string of the molecule is O=C(N[C@@H]1COC[C@H]1Cc1ccncc1)c1cccn1C1CC1. The van der Waals surface area contributed by atoms with Crippen LogP contribution in [0.3, 0.4) is 0 Å². The average molecular weight is 311 g/mol. The Labute approximate surface area is 135 Å². The first kappa shape index (κ1) is 14.5. The molecule has 1 amide bonds. The molecule has 5 heteroatoms. The van der Waals surface area contributed by atoms with Crippen molar-refractivity contribution in [1.29, 1.82) is 0 Å². The Bertz CT molecular complexity index is 679. The first-order chi connectivity index (χ1) is 11.3. The summed E-state index contributed by atoms with van der Waals surface area (Å²) in [6.07, 6.45) is 8.87. The molecule has 0 bridgehead atoms. The normalized spacial score (nSPS) is 23.8. The number of amides is 1. The zero-order valence-electron chi connectivity index (χ0n) is 13.0. The zero-order valence-corrected chi connectivity index (χ0v) is 13.0. The lowest BCUT2D eigenvalue weighted by atomic mass is 9.95. The van der Waals surface area contributed by atoms with E-state index in [2.05, 4.69) is 14.9 Å². The van der Waals surface area contributed by atoms with Gasteiger partial charge in [-0.05, 0) is 49.1 Å². The summed E-state index contributed by atoms with van der Waals surface area (Å²) in [5, 5.41) is 3.17. The minimum absolute atomic E-state index is 0.0112. The minimum atomic E-state index is 0.0112. The van der Waals surface area contributed by atoms with Gasteiger partial charge in [0.1, 0.15) is 5.69 Å². The van der Waals surface area contributed by atoms with Crippen LogP contribution in [0.15, 0.2) is 42.9 Å². The van der Waals surface area contributed by atoms with Crippen LogP contribution >= 0.6 is 0 Å². The van der Waals surface area contributed by atoms with Gasteiger partial charge in [-0.25, -0.2) is 0 Å². The van der Waals surface area contributed by atoms with Gasteiger partial charge in [0.2, 0.25) is 0 Å². The highest BCUT2D eigenvalue weighted by atomic mass is 16.5. The number of carbonyl (C=O) groups excluding carboxylic acids is 1. The van der Waals surface area contributed by atoms with Crippen LogP contribution < -0.4 is 5.32 Å². The van der Waals surface area contributed by atoms with Crippen molar-refractivity contribution in [2.75, 3.05) is 13.2 Å². The number of ether oxygens (including phenoxy) is 1. The van der Waals surface area contributed by atoms with Gasteiger partial charge in [0.15, 0.2) is 0 Å². The lowest BCUT2D eigenvalue weighted by Gasteiger charge is -2.19. The molecule has 1 aliphatic heterocycles. The number of hydrogen-bond acceptors (Lipinski definition) is 3. The molecule has 3 heterocycles. The van der Waals surface area contributed by atoms with E-state index in [1.807, 2.05) is 30.5 Å². The second-order valence-corrected chi connectivity index (χ2v) is 6.47. The molecule has 1 N–H and O–H groups in total. The van der Waals surface area contributed by atoms with E-state index in [0.717, 1.165) is 12.1 Å². The van der Waals surface area contributed by atoms with Crippen LogP contribution in [-0.2, 0) is 11.2 Å². The first-order valence-corrected chi connectivity index (χ1v) is 8.25. The lowest BCUT2D eigenvalue weighted by Crippen LogP contribution is -2.41. The largest absolute Gasteiger partial charge is 0.379 e. The van der Waals surface area contributed by atoms with Gasteiger partial charge in [-0.1, -0.05) is 0 Å². The van der Waals surface area contributed by atoms with Gasteiger partial charge in [-0.15, -0.1) is 0 Å². The van der Waals surface area contributed by atoms with E-state index in [1.165, 1.54) is 18.4 Å². The number of aromatic nitrogens is 2. The van der Waals surface area contributed by atoms with Gasteiger partial charge in [-0.2, -0.15) is 0 Å². The first-order valence-electron chi connectivity index (χ1n) is 8.25. The van der Waals surface area contributed by atoms with Gasteiger partial charge in [0.25, 0.3) is 5.91 Å². The van der Waals surface area contributed by atoms with E-state index in [-0.39, 0.29) is 11.9 Å². The predicted octanol–water partition coefficient (Wildman–Crippen LogP) is 2.21. The van der Waals surface area contributed by atoms with Crippen LogP contribution in [0.4, 0.5) is 0 Å². The maximum absolute atomic E-state index is 12.6. The summed E-state index contributed by atoms with van der Waals surface area (Å²) in [4.78, 5) is 16.7. The Hall–Kier alpha value is -2.14. The lowest BCUT2D eigenvalue weighted by molar-refractivity contribution is 0.0915. The molecule has 0 spiro atoms. The van der Waals surface area contributed by atoms with Crippen LogP contribution in [0.5, 0.6) is 0 Å². The van der Waals surface area contributed by atoms with Crippen LogP contribution in [0, 0.1) is 5.92 Å². The smallest absolute Gasteiger partial charge is 0.268 e. The van der Waals surface area contributed by atoms with Crippen LogP contribution in [0.25, 0.3) is 0 Å². The quantitative estimate of drug-likeness (QED) is 0.921. The van der Waals surface area contributed by atoms with E-state index in [9.17, 15) is 4.79 Å². The molecule has 2 aromatic heterocycles. The number of nitrogens with zero attached hydrogens (tertiary/aromatic N) is 2. The van der Waals surface area contributed by atoms with E-state index >= 15 is 0 Å². The number of hydrogen-bond donors (Lipinski definition) is 1. The Morgan fingerprint density at radius 1 is 1.26 bits per heavy atom. The Morgan fingerprint density at radius 3 is 2.87 bits per heavy atom. The van der Waals surface area contributed by atoms with Crippen LogP contribution in [-0.4, -0.2) is 34.7 Å². The molecule has 2 aromatic rings. The molecule has 1 saturated carbocycles. The Balaban J connectivity index is 1.42. The minimum Gasteiger partial charge on any atom is -0.379 e. The third-order valence-corrected chi connectivity index (χ3v) is 4.71. The topological polar surface area (TPSA) is 56.1 Å². The van der Waals surface area contributed by atoms with Gasteiger partial charge in [0, 0.05) is 30.6 Å². The number of pyridine rings is 1. The van der Waals surface area contributed by atoms with Crippen molar-refractivity contribution >= 4 is 5.91 Å². The van der Waals surface area contributed by atoms with E-state index in [1.54, 1.807) is 12.4 Å². The third kappa shape index (κ3) is 3.15. The fourth-order valence-corrected chi connectivity index (χ4v) is 3.28. The number of rotatable bonds is 5. The second-order valence-electron chi connectivity index (χ2n) is 6.47. The molecule has 0 radical (unpaired) electrons. The molecule has 120 valence electrons. The van der Waals surface area contributed by atoms with Crippen molar-refractivity contribution in [1.82, 2.24) is 14.9 Å². The van der Waals surface area contributed by atoms with Gasteiger partial charge in [0.05, 0.1) is 19.3 Å². The third-order valence-electron chi connectivity index (χ3n) is 4.71. The Morgan fingerprint density at radius 2 is 2.09 bits per heavy atom. The van der Waals surface area contributed by atoms with Crippen LogP contribution in [0.1, 0.15) is 34.9 Å². The summed E-state index contributed by atoms with van der Waals surface area (Å²) < 4.78 is 7.71. The summed E-state index contributed by atoms with van der Waals surface area (Å²) in [6, 6.07) is 8.48. The maximum Gasteiger partial charge on any atom is 0.268 e. The average Bonchev–Trinajstić information content (AvgIpc) is 3.13.